The minimum Gasteiger partial charge on any atom is -0.507 e. The van der Waals surface area contributed by atoms with E-state index in [1.54, 1.807) is 0 Å². The van der Waals surface area contributed by atoms with E-state index in [0.717, 1.165) is 22.3 Å². The van der Waals surface area contributed by atoms with E-state index in [0.29, 0.717) is 12.0 Å². The van der Waals surface area contributed by atoms with E-state index in [9.17, 15) is 9.90 Å². The Hall–Kier alpha value is -1.77. The molecule has 0 fully saturated rings. The summed E-state index contributed by atoms with van der Waals surface area (Å²) in [5, 5.41) is 10.0. The first-order valence-electron chi connectivity index (χ1n) is 5.16. The standard InChI is InChI=1S/C13H14O3/c1-7-4-5-9-6-10(13(15)16-3)12(14)11(9)8(7)2/h4-5,14H,6H2,1-3H3. The van der Waals surface area contributed by atoms with Gasteiger partial charge in [0.1, 0.15) is 5.76 Å². The summed E-state index contributed by atoms with van der Waals surface area (Å²) in [6.07, 6.45) is 0.453. The molecular weight excluding hydrogens is 204 g/mol. The highest BCUT2D eigenvalue weighted by atomic mass is 16.5. The van der Waals surface area contributed by atoms with Crippen molar-refractivity contribution in [1.29, 1.82) is 0 Å². The monoisotopic (exact) mass is 218 g/mol. The van der Waals surface area contributed by atoms with Crippen molar-refractivity contribution in [3.63, 3.8) is 0 Å². The Morgan fingerprint density at radius 2 is 2.06 bits per heavy atom. The molecule has 0 bridgehead atoms. The zero-order valence-electron chi connectivity index (χ0n) is 9.63. The van der Waals surface area contributed by atoms with Crippen LogP contribution in [-0.4, -0.2) is 18.2 Å². The zero-order chi connectivity index (χ0) is 11.9. The maximum atomic E-state index is 11.4. The second kappa shape index (κ2) is 3.67. The highest BCUT2D eigenvalue weighted by molar-refractivity contribution is 5.99. The van der Waals surface area contributed by atoms with E-state index in [-0.39, 0.29) is 5.76 Å². The number of hydrogen-bond donors (Lipinski definition) is 1. The summed E-state index contributed by atoms with van der Waals surface area (Å²) < 4.78 is 4.65. The largest absolute Gasteiger partial charge is 0.507 e. The number of carbonyl (C=O) groups excluding carboxylic acids is 1. The number of hydrogen-bond acceptors (Lipinski definition) is 3. The number of carbonyl (C=O) groups is 1. The van der Waals surface area contributed by atoms with Gasteiger partial charge in [0, 0.05) is 12.0 Å². The number of fused-ring (bicyclic) bond motifs is 1. The average Bonchev–Trinajstić information content (AvgIpc) is 2.61. The Morgan fingerprint density at radius 1 is 1.38 bits per heavy atom. The van der Waals surface area contributed by atoms with Crippen molar-refractivity contribution in [3.8, 4) is 0 Å². The quantitative estimate of drug-likeness (QED) is 0.736. The number of aliphatic hydroxyl groups is 1. The van der Waals surface area contributed by atoms with Crippen molar-refractivity contribution in [2.45, 2.75) is 20.3 Å². The van der Waals surface area contributed by atoms with Crippen molar-refractivity contribution in [3.05, 3.63) is 40.0 Å². The first kappa shape index (κ1) is 10.7. The SMILES string of the molecule is COC(=O)C1=C(O)c2c(ccc(C)c2C)C1. The second-order valence-electron chi connectivity index (χ2n) is 4.04. The molecule has 0 amide bonds. The van der Waals surface area contributed by atoms with Crippen molar-refractivity contribution in [2.24, 2.45) is 0 Å². The van der Waals surface area contributed by atoms with Gasteiger partial charge in [-0.25, -0.2) is 4.79 Å². The first-order chi connectivity index (χ1) is 7.56. The second-order valence-corrected chi connectivity index (χ2v) is 4.04. The zero-order valence-corrected chi connectivity index (χ0v) is 9.63. The third-order valence-electron chi connectivity index (χ3n) is 3.14. The molecule has 1 aromatic rings. The smallest absolute Gasteiger partial charge is 0.337 e. The number of aliphatic hydroxyl groups excluding tert-OH is 1. The Kier molecular flexibility index (Phi) is 2.46. The maximum Gasteiger partial charge on any atom is 0.337 e. The maximum absolute atomic E-state index is 11.4. The minimum atomic E-state index is -0.453. The topological polar surface area (TPSA) is 46.5 Å². The summed E-state index contributed by atoms with van der Waals surface area (Å²) in [5.41, 5.74) is 4.26. The minimum absolute atomic E-state index is 0.0723. The lowest BCUT2D eigenvalue weighted by molar-refractivity contribution is -0.136. The van der Waals surface area contributed by atoms with Crippen molar-refractivity contribution >= 4 is 11.7 Å². The van der Waals surface area contributed by atoms with Crippen LogP contribution in [0.15, 0.2) is 17.7 Å². The summed E-state index contributed by atoms with van der Waals surface area (Å²) in [6.45, 7) is 3.93. The average molecular weight is 218 g/mol. The highest BCUT2D eigenvalue weighted by Gasteiger charge is 2.28. The first-order valence-corrected chi connectivity index (χ1v) is 5.16. The van der Waals surface area contributed by atoms with Gasteiger partial charge in [-0.15, -0.1) is 0 Å². The van der Waals surface area contributed by atoms with Crippen LogP contribution in [0.4, 0.5) is 0 Å². The Morgan fingerprint density at radius 3 is 2.69 bits per heavy atom. The molecule has 0 radical (unpaired) electrons. The molecular formula is C13H14O3. The number of methoxy groups -OCH3 is 1. The predicted octanol–water partition coefficient (Wildman–Crippen LogP) is 2.30. The fourth-order valence-electron chi connectivity index (χ4n) is 2.07. The molecule has 0 saturated carbocycles. The molecule has 3 heteroatoms. The van der Waals surface area contributed by atoms with Crippen LogP contribution >= 0.6 is 0 Å². The third-order valence-corrected chi connectivity index (χ3v) is 3.14. The lowest BCUT2D eigenvalue weighted by Crippen LogP contribution is -2.05. The van der Waals surface area contributed by atoms with E-state index in [1.807, 2.05) is 26.0 Å². The van der Waals surface area contributed by atoms with Gasteiger partial charge in [0.2, 0.25) is 0 Å². The highest BCUT2D eigenvalue weighted by Crippen LogP contribution is 2.35. The summed E-state index contributed by atoms with van der Waals surface area (Å²) in [4.78, 5) is 11.4. The predicted molar refractivity (Wildman–Crippen MR) is 61.2 cm³/mol. The molecule has 0 spiro atoms. The van der Waals surface area contributed by atoms with E-state index >= 15 is 0 Å². The van der Waals surface area contributed by atoms with E-state index in [1.165, 1.54) is 7.11 Å². The van der Waals surface area contributed by atoms with Gasteiger partial charge in [0.05, 0.1) is 12.7 Å². The van der Waals surface area contributed by atoms with Gasteiger partial charge in [-0.05, 0) is 30.5 Å². The summed E-state index contributed by atoms with van der Waals surface area (Å²) >= 11 is 0. The number of aryl methyl sites for hydroxylation is 1. The molecule has 1 aromatic carbocycles. The van der Waals surface area contributed by atoms with Crippen LogP contribution < -0.4 is 0 Å². The lowest BCUT2D eigenvalue weighted by Gasteiger charge is -2.07. The molecule has 0 unspecified atom stereocenters. The van der Waals surface area contributed by atoms with Crippen LogP contribution in [0.1, 0.15) is 22.3 Å². The molecule has 16 heavy (non-hydrogen) atoms. The van der Waals surface area contributed by atoms with Gasteiger partial charge >= 0.3 is 5.97 Å². The van der Waals surface area contributed by atoms with Crippen LogP contribution in [0.2, 0.25) is 0 Å². The molecule has 3 nitrogen and oxygen atoms in total. The molecule has 0 atom stereocenters. The molecule has 1 aliphatic carbocycles. The summed E-state index contributed by atoms with van der Waals surface area (Å²) in [6, 6.07) is 3.95. The van der Waals surface area contributed by atoms with Crippen molar-refractivity contribution in [1.82, 2.24) is 0 Å². The van der Waals surface area contributed by atoms with Crippen LogP contribution in [0.5, 0.6) is 0 Å². The molecule has 0 aliphatic heterocycles. The molecule has 1 N–H and O–H groups in total. The molecule has 2 rings (SSSR count). The van der Waals surface area contributed by atoms with E-state index in [2.05, 4.69) is 4.74 Å². The van der Waals surface area contributed by atoms with E-state index < -0.39 is 5.97 Å². The van der Waals surface area contributed by atoms with Crippen molar-refractivity contribution in [2.75, 3.05) is 7.11 Å². The fraction of sp³-hybridized carbons (Fsp3) is 0.308. The summed E-state index contributed by atoms with van der Waals surface area (Å²) in [7, 11) is 1.32. The molecule has 0 saturated heterocycles. The van der Waals surface area contributed by atoms with Gasteiger partial charge in [-0.1, -0.05) is 12.1 Å². The number of benzene rings is 1. The third kappa shape index (κ3) is 1.40. The summed E-state index contributed by atoms with van der Waals surface area (Å²) in [5.74, 6) is -0.381. The van der Waals surface area contributed by atoms with Crippen LogP contribution in [0, 0.1) is 13.8 Å². The molecule has 1 aliphatic rings. The molecule has 0 aromatic heterocycles. The van der Waals surface area contributed by atoms with Gasteiger partial charge in [-0.2, -0.15) is 0 Å². The fourth-order valence-corrected chi connectivity index (χ4v) is 2.07. The molecule has 84 valence electrons. The Balaban J connectivity index is 2.57. The Labute approximate surface area is 94.4 Å². The number of esters is 1. The van der Waals surface area contributed by atoms with Crippen LogP contribution in [-0.2, 0) is 16.0 Å². The van der Waals surface area contributed by atoms with Gasteiger partial charge < -0.3 is 9.84 Å². The normalized spacial score (nSPS) is 13.9. The van der Waals surface area contributed by atoms with E-state index in [4.69, 9.17) is 0 Å². The number of rotatable bonds is 1. The van der Waals surface area contributed by atoms with Crippen LogP contribution in [0.3, 0.4) is 0 Å². The van der Waals surface area contributed by atoms with Gasteiger partial charge in [0.25, 0.3) is 0 Å². The number of ether oxygens (including phenoxy) is 1. The Bertz CT molecular complexity index is 498. The van der Waals surface area contributed by atoms with Crippen molar-refractivity contribution < 1.29 is 14.6 Å². The lowest BCUT2D eigenvalue weighted by atomic mass is 9.99. The van der Waals surface area contributed by atoms with Gasteiger partial charge in [0.15, 0.2) is 0 Å². The molecule has 0 heterocycles. The van der Waals surface area contributed by atoms with Crippen LogP contribution in [0.25, 0.3) is 5.76 Å². The van der Waals surface area contributed by atoms with Gasteiger partial charge in [-0.3, -0.25) is 0 Å².